The molecule has 0 bridgehead atoms. The highest BCUT2D eigenvalue weighted by Crippen LogP contribution is 2.24. The zero-order valence-corrected chi connectivity index (χ0v) is 12.7. The Balaban J connectivity index is 2.02. The first-order chi connectivity index (χ1) is 10.6. The molecule has 0 radical (unpaired) electrons. The van der Waals surface area contributed by atoms with Gasteiger partial charge in [-0.15, -0.1) is 0 Å². The molecule has 0 heterocycles. The van der Waals surface area contributed by atoms with Crippen LogP contribution in [0.4, 0.5) is 14.9 Å². The number of nitrogens with zero attached hydrogens (tertiary/aromatic N) is 1. The van der Waals surface area contributed by atoms with E-state index in [2.05, 4.69) is 5.32 Å². The van der Waals surface area contributed by atoms with Gasteiger partial charge >= 0.3 is 6.03 Å². The van der Waals surface area contributed by atoms with Crippen molar-refractivity contribution in [1.29, 1.82) is 0 Å². The first-order valence-electron chi connectivity index (χ1n) is 7.08. The normalized spacial score (nSPS) is 10.1. The Labute approximate surface area is 129 Å². The zero-order chi connectivity index (χ0) is 15.9. The molecule has 0 fully saturated rings. The fraction of sp³-hybridized carbons (Fsp3) is 0.235. The Morgan fingerprint density at radius 1 is 1.23 bits per heavy atom. The van der Waals surface area contributed by atoms with Crippen LogP contribution in [0, 0.1) is 5.82 Å². The largest absolute Gasteiger partial charge is 0.492 e. The van der Waals surface area contributed by atoms with Gasteiger partial charge in [0.2, 0.25) is 0 Å². The SMILES string of the molecule is CCOc1ccccc1NC(=O)N(C)Cc1cccc(F)c1. The van der Waals surface area contributed by atoms with Crippen molar-refractivity contribution in [3.63, 3.8) is 0 Å². The average Bonchev–Trinajstić information content (AvgIpc) is 2.49. The van der Waals surface area contributed by atoms with E-state index in [1.807, 2.05) is 19.1 Å². The second-order valence-corrected chi connectivity index (χ2v) is 4.85. The van der Waals surface area contributed by atoms with E-state index in [4.69, 9.17) is 4.74 Å². The fourth-order valence-electron chi connectivity index (χ4n) is 2.04. The molecule has 22 heavy (non-hydrogen) atoms. The Hall–Kier alpha value is -2.56. The summed E-state index contributed by atoms with van der Waals surface area (Å²) in [4.78, 5) is 13.7. The van der Waals surface area contributed by atoms with Gasteiger partial charge in [0.15, 0.2) is 0 Å². The molecule has 0 unspecified atom stereocenters. The van der Waals surface area contributed by atoms with Crippen LogP contribution in [0.15, 0.2) is 48.5 Å². The van der Waals surface area contributed by atoms with E-state index in [-0.39, 0.29) is 11.8 Å². The number of rotatable bonds is 5. The molecule has 116 valence electrons. The topological polar surface area (TPSA) is 41.6 Å². The minimum Gasteiger partial charge on any atom is -0.492 e. The molecular formula is C17H19FN2O2. The van der Waals surface area contributed by atoms with E-state index in [9.17, 15) is 9.18 Å². The van der Waals surface area contributed by atoms with Crippen molar-refractivity contribution in [3.8, 4) is 5.75 Å². The molecule has 4 nitrogen and oxygen atoms in total. The van der Waals surface area contributed by atoms with Gasteiger partial charge in [-0.3, -0.25) is 0 Å². The standard InChI is InChI=1S/C17H19FN2O2/c1-3-22-16-10-5-4-9-15(16)19-17(21)20(2)12-13-7-6-8-14(18)11-13/h4-11H,3,12H2,1-2H3,(H,19,21). The number of hydrogen-bond acceptors (Lipinski definition) is 2. The van der Waals surface area contributed by atoms with Crippen LogP contribution in [0.5, 0.6) is 5.75 Å². The number of urea groups is 1. The van der Waals surface area contributed by atoms with Crippen LogP contribution >= 0.6 is 0 Å². The Morgan fingerprint density at radius 3 is 2.73 bits per heavy atom. The lowest BCUT2D eigenvalue weighted by atomic mass is 10.2. The van der Waals surface area contributed by atoms with Crippen LogP contribution in [-0.2, 0) is 6.54 Å². The van der Waals surface area contributed by atoms with Crippen LogP contribution < -0.4 is 10.1 Å². The van der Waals surface area contributed by atoms with Gasteiger partial charge in [-0.25, -0.2) is 9.18 Å². The predicted octanol–water partition coefficient (Wildman–Crippen LogP) is 3.89. The third-order valence-corrected chi connectivity index (χ3v) is 3.08. The smallest absolute Gasteiger partial charge is 0.321 e. The van der Waals surface area contributed by atoms with Crippen molar-refractivity contribution in [2.24, 2.45) is 0 Å². The lowest BCUT2D eigenvalue weighted by molar-refractivity contribution is 0.220. The summed E-state index contributed by atoms with van der Waals surface area (Å²) in [6.07, 6.45) is 0. The first-order valence-corrected chi connectivity index (χ1v) is 7.08. The van der Waals surface area contributed by atoms with Crippen LogP contribution in [0.1, 0.15) is 12.5 Å². The molecule has 0 aliphatic heterocycles. The van der Waals surface area contributed by atoms with Gasteiger partial charge in [-0.05, 0) is 36.8 Å². The third-order valence-electron chi connectivity index (χ3n) is 3.08. The lowest BCUT2D eigenvalue weighted by Gasteiger charge is -2.19. The first kappa shape index (κ1) is 15.8. The molecule has 5 heteroatoms. The Bertz CT molecular complexity index is 646. The maximum Gasteiger partial charge on any atom is 0.321 e. The van der Waals surface area contributed by atoms with Crippen molar-refractivity contribution in [3.05, 3.63) is 59.9 Å². The van der Waals surface area contributed by atoms with Gasteiger partial charge in [-0.1, -0.05) is 24.3 Å². The van der Waals surface area contributed by atoms with E-state index in [1.165, 1.54) is 17.0 Å². The number of halogens is 1. The van der Waals surface area contributed by atoms with Gasteiger partial charge in [0, 0.05) is 13.6 Å². The molecule has 2 aromatic carbocycles. The maximum absolute atomic E-state index is 13.2. The summed E-state index contributed by atoms with van der Waals surface area (Å²) in [6, 6.07) is 13.2. The van der Waals surface area contributed by atoms with Crippen molar-refractivity contribution in [2.45, 2.75) is 13.5 Å². The predicted molar refractivity (Wildman–Crippen MR) is 84.5 cm³/mol. The third kappa shape index (κ3) is 4.22. The molecule has 0 aliphatic rings. The fourth-order valence-corrected chi connectivity index (χ4v) is 2.04. The van der Waals surface area contributed by atoms with Crippen molar-refractivity contribution < 1.29 is 13.9 Å². The number of hydrogen-bond donors (Lipinski definition) is 1. The van der Waals surface area contributed by atoms with Crippen molar-refractivity contribution in [1.82, 2.24) is 4.90 Å². The number of nitrogens with one attached hydrogen (secondary N) is 1. The number of amides is 2. The van der Waals surface area contributed by atoms with Crippen molar-refractivity contribution in [2.75, 3.05) is 19.0 Å². The van der Waals surface area contributed by atoms with E-state index in [0.29, 0.717) is 24.6 Å². The minimum atomic E-state index is -0.312. The van der Waals surface area contributed by atoms with E-state index < -0.39 is 0 Å². The maximum atomic E-state index is 13.2. The Kier molecular flexibility index (Phi) is 5.36. The van der Waals surface area contributed by atoms with Gasteiger partial charge in [0.05, 0.1) is 12.3 Å². The minimum absolute atomic E-state index is 0.281. The molecule has 0 atom stereocenters. The number of para-hydroxylation sites is 2. The number of anilines is 1. The molecule has 0 spiro atoms. The molecule has 2 aromatic rings. The monoisotopic (exact) mass is 302 g/mol. The second kappa shape index (κ2) is 7.45. The molecule has 1 N–H and O–H groups in total. The number of carbonyl (C=O) groups excluding carboxylic acids is 1. The van der Waals surface area contributed by atoms with Crippen LogP contribution in [0.2, 0.25) is 0 Å². The highest BCUT2D eigenvalue weighted by Gasteiger charge is 2.12. The summed E-state index contributed by atoms with van der Waals surface area (Å²) in [7, 11) is 1.66. The van der Waals surface area contributed by atoms with Gasteiger partial charge in [-0.2, -0.15) is 0 Å². The van der Waals surface area contributed by atoms with Crippen LogP contribution in [0.3, 0.4) is 0 Å². The second-order valence-electron chi connectivity index (χ2n) is 4.85. The summed E-state index contributed by atoms with van der Waals surface area (Å²) < 4.78 is 18.6. The van der Waals surface area contributed by atoms with Gasteiger partial charge in [0.25, 0.3) is 0 Å². The molecule has 0 saturated heterocycles. The van der Waals surface area contributed by atoms with E-state index in [0.717, 1.165) is 5.56 Å². The molecule has 0 aromatic heterocycles. The molecule has 2 amide bonds. The summed E-state index contributed by atoms with van der Waals surface area (Å²) in [5, 5.41) is 2.80. The van der Waals surface area contributed by atoms with Gasteiger partial charge in [0.1, 0.15) is 11.6 Å². The molecule has 0 aliphatic carbocycles. The lowest BCUT2D eigenvalue weighted by Crippen LogP contribution is -2.31. The average molecular weight is 302 g/mol. The molecule has 2 rings (SSSR count). The van der Waals surface area contributed by atoms with Crippen LogP contribution in [-0.4, -0.2) is 24.6 Å². The quantitative estimate of drug-likeness (QED) is 0.910. The summed E-state index contributed by atoms with van der Waals surface area (Å²) in [5.41, 5.74) is 1.34. The highest BCUT2D eigenvalue weighted by molar-refractivity contribution is 5.90. The van der Waals surface area contributed by atoms with E-state index in [1.54, 1.807) is 31.3 Å². The summed E-state index contributed by atoms with van der Waals surface area (Å²) >= 11 is 0. The van der Waals surface area contributed by atoms with Crippen molar-refractivity contribution >= 4 is 11.7 Å². The Morgan fingerprint density at radius 2 is 2.00 bits per heavy atom. The van der Waals surface area contributed by atoms with E-state index >= 15 is 0 Å². The van der Waals surface area contributed by atoms with Crippen LogP contribution in [0.25, 0.3) is 0 Å². The van der Waals surface area contributed by atoms with Gasteiger partial charge < -0.3 is 15.0 Å². The summed E-state index contributed by atoms with van der Waals surface area (Å²) in [5.74, 6) is 0.311. The summed E-state index contributed by atoms with van der Waals surface area (Å²) in [6.45, 7) is 2.72. The molecular weight excluding hydrogens is 283 g/mol. The number of benzene rings is 2. The number of carbonyl (C=O) groups is 1. The zero-order valence-electron chi connectivity index (χ0n) is 12.7. The highest BCUT2D eigenvalue weighted by atomic mass is 19.1. The molecule has 0 saturated carbocycles. The number of ether oxygens (including phenoxy) is 1.